The van der Waals surface area contributed by atoms with Crippen LogP contribution in [0.15, 0.2) is 30.6 Å². The van der Waals surface area contributed by atoms with Gasteiger partial charge >= 0.3 is 0 Å². The van der Waals surface area contributed by atoms with Gasteiger partial charge in [0.1, 0.15) is 0 Å². The Labute approximate surface area is 99.6 Å². The van der Waals surface area contributed by atoms with Gasteiger partial charge in [-0.05, 0) is 18.2 Å². The maximum absolute atomic E-state index is 5.20. The molecule has 0 atom stereocenters. The average molecular weight is 228 g/mol. The molecule has 0 saturated carbocycles. The summed E-state index contributed by atoms with van der Waals surface area (Å²) in [6.45, 7) is 0. The summed E-state index contributed by atoms with van der Waals surface area (Å²) in [6.07, 6.45) is 3.42. The lowest BCUT2D eigenvalue weighted by atomic mass is 10.2. The zero-order chi connectivity index (χ0) is 12.1. The predicted molar refractivity (Wildman–Crippen MR) is 64.1 cm³/mol. The van der Waals surface area contributed by atoms with E-state index in [0.717, 1.165) is 11.1 Å². The highest BCUT2D eigenvalue weighted by Crippen LogP contribution is 2.27. The molecule has 0 spiro atoms. The highest BCUT2D eigenvalue weighted by Gasteiger charge is 2.02. The lowest BCUT2D eigenvalue weighted by molar-refractivity contribution is 0.355. The van der Waals surface area contributed by atoms with E-state index in [1.54, 1.807) is 26.6 Å². The number of nitrogens with zero attached hydrogens (tertiary/aromatic N) is 1. The summed E-state index contributed by atoms with van der Waals surface area (Å²) in [5.74, 6) is 7.39. The molecule has 4 nitrogen and oxygen atoms in total. The molecular formula is C13H12N2O2. The van der Waals surface area contributed by atoms with Crippen LogP contribution in [0.1, 0.15) is 11.1 Å². The van der Waals surface area contributed by atoms with E-state index in [1.165, 1.54) is 0 Å². The Morgan fingerprint density at radius 3 is 2.47 bits per heavy atom. The zero-order valence-electron chi connectivity index (χ0n) is 9.65. The zero-order valence-corrected chi connectivity index (χ0v) is 9.65. The van der Waals surface area contributed by atoms with Crippen LogP contribution in [0.5, 0.6) is 11.5 Å². The Hall–Kier alpha value is -2.41. The number of rotatable bonds is 2. The van der Waals surface area contributed by atoms with Crippen LogP contribution in [0.25, 0.3) is 0 Å². The molecule has 1 aromatic carbocycles. The molecule has 0 amide bonds. The van der Waals surface area contributed by atoms with Gasteiger partial charge in [-0.3, -0.25) is 5.10 Å². The normalized spacial score (nSPS) is 9.29. The molecule has 0 saturated heterocycles. The van der Waals surface area contributed by atoms with E-state index >= 15 is 0 Å². The van der Waals surface area contributed by atoms with E-state index < -0.39 is 0 Å². The van der Waals surface area contributed by atoms with Gasteiger partial charge in [0.05, 0.1) is 26.0 Å². The minimum atomic E-state index is 0.673. The lowest BCUT2D eigenvalue weighted by Crippen LogP contribution is -1.90. The molecule has 86 valence electrons. The molecule has 1 N–H and O–H groups in total. The maximum atomic E-state index is 5.20. The standard InChI is InChI=1S/C13H12N2O2/c1-16-12-6-5-10(7-13(12)17-2)3-4-11-8-14-15-9-11/h5-9H,1-2H3,(H,14,15). The van der Waals surface area contributed by atoms with E-state index in [-0.39, 0.29) is 0 Å². The van der Waals surface area contributed by atoms with Crippen LogP contribution in [0.3, 0.4) is 0 Å². The minimum absolute atomic E-state index is 0.673. The highest BCUT2D eigenvalue weighted by atomic mass is 16.5. The first-order valence-corrected chi connectivity index (χ1v) is 5.06. The van der Waals surface area contributed by atoms with Gasteiger partial charge in [0.2, 0.25) is 0 Å². The van der Waals surface area contributed by atoms with Gasteiger partial charge in [-0.15, -0.1) is 0 Å². The second-order valence-corrected chi connectivity index (χ2v) is 3.31. The van der Waals surface area contributed by atoms with Crippen LogP contribution in [-0.4, -0.2) is 24.4 Å². The SMILES string of the molecule is COc1ccc(C#Cc2cn[nH]c2)cc1OC. The molecule has 2 aromatic rings. The highest BCUT2D eigenvalue weighted by molar-refractivity contribution is 5.49. The number of H-pyrrole nitrogens is 1. The van der Waals surface area contributed by atoms with Crippen molar-refractivity contribution in [1.29, 1.82) is 0 Å². The Morgan fingerprint density at radius 2 is 1.82 bits per heavy atom. The molecule has 2 rings (SSSR count). The quantitative estimate of drug-likeness (QED) is 0.798. The van der Waals surface area contributed by atoms with Gasteiger partial charge < -0.3 is 9.47 Å². The minimum Gasteiger partial charge on any atom is -0.493 e. The molecule has 0 bridgehead atoms. The number of ether oxygens (including phenoxy) is 2. The van der Waals surface area contributed by atoms with Crippen molar-refractivity contribution < 1.29 is 9.47 Å². The number of aromatic amines is 1. The van der Waals surface area contributed by atoms with E-state index in [1.807, 2.05) is 18.2 Å². The Balaban J connectivity index is 2.28. The molecule has 0 aliphatic carbocycles. The lowest BCUT2D eigenvalue weighted by Gasteiger charge is -2.06. The third-order valence-electron chi connectivity index (χ3n) is 2.23. The third kappa shape index (κ3) is 2.58. The van der Waals surface area contributed by atoms with Gasteiger partial charge in [-0.1, -0.05) is 11.8 Å². The number of hydrogen-bond acceptors (Lipinski definition) is 3. The van der Waals surface area contributed by atoms with E-state index in [9.17, 15) is 0 Å². The van der Waals surface area contributed by atoms with Gasteiger partial charge in [0.15, 0.2) is 11.5 Å². The van der Waals surface area contributed by atoms with Gasteiger partial charge in [0.25, 0.3) is 0 Å². The van der Waals surface area contributed by atoms with Crippen molar-refractivity contribution in [1.82, 2.24) is 10.2 Å². The topological polar surface area (TPSA) is 47.1 Å². The second kappa shape index (κ2) is 5.08. The summed E-state index contributed by atoms with van der Waals surface area (Å²) in [6, 6.07) is 5.55. The molecule has 0 unspecified atom stereocenters. The first-order chi connectivity index (χ1) is 8.33. The van der Waals surface area contributed by atoms with Crippen molar-refractivity contribution in [2.75, 3.05) is 14.2 Å². The first kappa shape index (κ1) is 11.1. The van der Waals surface area contributed by atoms with Crippen molar-refractivity contribution in [3.8, 4) is 23.3 Å². The van der Waals surface area contributed by atoms with Crippen LogP contribution >= 0.6 is 0 Å². The summed E-state index contributed by atoms with van der Waals surface area (Å²) in [7, 11) is 3.21. The van der Waals surface area contributed by atoms with Crippen molar-refractivity contribution >= 4 is 0 Å². The van der Waals surface area contributed by atoms with Crippen molar-refractivity contribution in [2.45, 2.75) is 0 Å². The van der Waals surface area contributed by atoms with Crippen LogP contribution in [0, 0.1) is 11.8 Å². The molecule has 0 fully saturated rings. The average Bonchev–Trinajstić information content (AvgIpc) is 2.89. The van der Waals surface area contributed by atoms with Crippen LogP contribution in [0.2, 0.25) is 0 Å². The molecule has 17 heavy (non-hydrogen) atoms. The van der Waals surface area contributed by atoms with E-state index in [2.05, 4.69) is 22.0 Å². The summed E-state index contributed by atoms with van der Waals surface area (Å²) in [5, 5.41) is 6.53. The monoisotopic (exact) mass is 228 g/mol. The molecule has 0 radical (unpaired) electrons. The number of aromatic nitrogens is 2. The summed E-state index contributed by atoms with van der Waals surface area (Å²) < 4.78 is 10.4. The second-order valence-electron chi connectivity index (χ2n) is 3.31. The maximum Gasteiger partial charge on any atom is 0.161 e. The van der Waals surface area contributed by atoms with Gasteiger partial charge in [-0.25, -0.2) is 0 Å². The predicted octanol–water partition coefficient (Wildman–Crippen LogP) is 1.83. The summed E-state index contributed by atoms with van der Waals surface area (Å²) >= 11 is 0. The number of hydrogen-bond donors (Lipinski definition) is 1. The fourth-order valence-corrected chi connectivity index (χ4v) is 1.38. The van der Waals surface area contributed by atoms with E-state index in [4.69, 9.17) is 9.47 Å². The molecule has 4 heteroatoms. The number of nitrogens with one attached hydrogen (secondary N) is 1. The fourth-order valence-electron chi connectivity index (χ4n) is 1.38. The van der Waals surface area contributed by atoms with Gasteiger partial charge in [0, 0.05) is 11.8 Å². The number of methoxy groups -OCH3 is 2. The largest absolute Gasteiger partial charge is 0.493 e. The summed E-state index contributed by atoms with van der Waals surface area (Å²) in [5.41, 5.74) is 1.71. The smallest absolute Gasteiger partial charge is 0.161 e. The molecule has 1 heterocycles. The van der Waals surface area contributed by atoms with E-state index in [0.29, 0.717) is 11.5 Å². The summed E-state index contributed by atoms with van der Waals surface area (Å²) in [4.78, 5) is 0. The fraction of sp³-hybridized carbons (Fsp3) is 0.154. The number of benzene rings is 1. The molecule has 0 aliphatic heterocycles. The molecule has 0 aliphatic rings. The molecule has 1 aromatic heterocycles. The van der Waals surface area contributed by atoms with Crippen LogP contribution in [0.4, 0.5) is 0 Å². The Kier molecular flexibility index (Phi) is 3.31. The van der Waals surface area contributed by atoms with Crippen LogP contribution in [-0.2, 0) is 0 Å². The Morgan fingerprint density at radius 1 is 1.06 bits per heavy atom. The van der Waals surface area contributed by atoms with Crippen LogP contribution < -0.4 is 9.47 Å². The van der Waals surface area contributed by atoms with Gasteiger partial charge in [-0.2, -0.15) is 5.10 Å². The Bertz CT molecular complexity index is 551. The first-order valence-electron chi connectivity index (χ1n) is 5.06. The molecular weight excluding hydrogens is 216 g/mol. The van der Waals surface area contributed by atoms with Crippen molar-refractivity contribution in [3.63, 3.8) is 0 Å². The van der Waals surface area contributed by atoms with Crippen molar-refractivity contribution in [3.05, 3.63) is 41.7 Å². The third-order valence-corrected chi connectivity index (χ3v) is 2.23. The van der Waals surface area contributed by atoms with Crippen molar-refractivity contribution in [2.24, 2.45) is 0 Å².